The van der Waals surface area contributed by atoms with Crippen molar-refractivity contribution in [2.45, 2.75) is 31.7 Å². The van der Waals surface area contributed by atoms with Crippen molar-refractivity contribution in [3.8, 4) is 11.5 Å². The van der Waals surface area contributed by atoms with E-state index in [1.807, 2.05) is 18.2 Å². The van der Waals surface area contributed by atoms with Gasteiger partial charge < -0.3 is 9.47 Å². The van der Waals surface area contributed by atoms with Gasteiger partial charge in [-0.05, 0) is 43.0 Å². The van der Waals surface area contributed by atoms with Crippen LogP contribution in [0.15, 0.2) is 61.2 Å². The van der Waals surface area contributed by atoms with Crippen molar-refractivity contribution in [3.63, 3.8) is 0 Å². The van der Waals surface area contributed by atoms with Gasteiger partial charge in [0.2, 0.25) is 0 Å². The van der Waals surface area contributed by atoms with Gasteiger partial charge in [0, 0.05) is 0 Å². The average Bonchev–Trinajstić information content (AvgIpc) is 3.28. The fraction of sp³-hybridized carbons (Fsp3) is 0.318. The van der Waals surface area contributed by atoms with Crippen molar-refractivity contribution in [1.29, 1.82) is 0 Å². The molecule has 2 aromatic carbocycles. The number of Topliss-reactive ketones (excluding diaryl/α,β-unsaturated/α-hetero) is 1. The first-order valence-corrected chi connectivity index (χ1v) is 9.37. The first-order valence-electron chi connectivity index (χ1n) is 9.37. The molecule has 0 fully saturated rings. The van der Waals surface area contributed by atoms with Crippen LogP contribution < -0.4 is 9.47 Å². The molecule has 0 aliphatic rings. The van der Waals surface area contributed by atoms with Gasteiger partial charge in [0.15, 0.2) is 5.78 Å². The van der Waals surface area contributed by atoms with Crippen molar-refractivity contribution in [1.82, 2.24) is 14.8 Å². The molecule has 0 aliphatic carbocycles. The standard InChI is InChI=1S/C22H25N3O3/c1-27-18-12-13-21(28-2)19(14-18)22(26)20(25-16-23-15-24-25)11-7-6-10-17-8-4-3-5-9-17/h3-5,8-9,12-16,20H,6-7,10-11H2,1-2H3. The van der Waals surface area contributed by atoms with Crippen LogP contribution >= 0.6 is 0 Å². The Kier molecular flexibility index (Phi) is 6.78. The summed E-state index contributed by atoms with van der Waals surface area (Å²) >= 11 is 0. The van der Waals surface area contributed by atoms with Crippen molar-refractivity contribution < 1.29 is 14.3 Å². The van der Waals surface area contributed by atoms with E-state index in [2.05, 4.69) is 22.2 Å². The Bertz CT molecular complexity index is 879. The van der Waals surface area contributed by atoms with E-state index in [0.717, 1.165) is 19.3 Å². The minimum absolute atomic E-state index is 0.0547. The van der Waals surface area contributed by atoms with Crippen LogP contribution in [-0.2, 0) is 6.42 Å². The largest absolute Gasteiger partial charge is 0.497 e. The molecular weight excluding hydrogens is 354 g/mol. The maximum absolute atomic E-state index is 13.3. The fourth-order valence-electron chi connectivity index (χ4n) is 3.26. The molecule has 28 heavy (non-hydrogen) atoms. The Morgan fingerprint density at radius 2 is 1.89 bits per heavy atom. The van der Waals surface area contributed by atoms with E-state index in [4.69, 9.17) is 9.47 Å². The molecule has 6 nitrogen and oxygen atoms in total. The lowest BCUT2D eigenvalue weighted by molar-refractivity contribution is 0.0905. The first-order chi connectivity index (χ1) is 13.7. The normalized spacial score (nSPS) is 11.8. The third-order valence-corrected chi connectivity index (χ3v) is 4.77. The van der Waals surface area contributed by atoms with Crippen LogP contribution in [0.4, 0.5) is 0 Å². The number of ketones is 1. The molecule has 1 unspecified atom stereocenters. The predicted molar refractivity (Wildman–Crippen MR) is 107 cm³/mol. The van der Waals surface area contributed by atoms with Crippen molar-refractivity contribution in [2.24, 2.45) is 0 Å². The number of benzene rings is 2. The third-order valence-electron chi connectivity index (χ3n) is 4.77. The molecule has 0 saturated carbocycles. The lowest BCUT2D eigenvalue weighted by Crippen LogP contribution is -2.21. The minimum atomic E-state index is -0.431. The van der Waals surface area contributed by atoms with E-state index in [9.17, 15) is 4.79 Å². The number of aryl methyl sites for hydroxylation is 1. The highest BCUT2D eigenvalue weighted by atomic mass is 16.5. The van der Waals surface area contributed by atoms with Crippen LogP contribution in [0.25, 0.3) is 0 Å². The summed E-state index contributed by atoms with van der Waals surface area (Å²) < 4.78 is 12.3. The van der Waals surface area contributed by atoms with E-state index in [1.165, 1.54) is 11.9 Å². The zero-order valence-electron chi connectivity index (χ0n) is 16.2. The molecule has 6 heteroatoms. The zero-order chi connectivity index (χ0) is 19.8. The maximum Gasteiger partial charge on any atom is 0.191 e. The van der Waals surface area contributed by atoms with Crippen LogP contribution in [0.5, 0.6) is 11.5 Å². The lowest BCUT2D eigenvalue weighted by Gasteiger charge is -2.18. The maximum atomic E-state index is 13.3. The summed E-state index contributed by atoms with van der Waals surface area (Å²) in [5.41, 5.74) is 1.80. The zero-order valence-corrected chi connectivity index (χ0v) is 16.2. The van der Waals surface area contributed by atoms with Crippen LogP contribution in [0.2, 0.25) is 0 Å². The van der Waals surface area contributed by atoms with Gasteiger partial charge in [-0.2, -0.15) is 5.10 Å². The number of methoxy groups -OCH3 is 2. The Morgan fingerprint density at radius 3 is 2.57 bits per heavy atom. The van der Waals surface area contributed by atoms with E-state index >= 15 is 0 Å². The molecule has 1 atom stereocenters. The van der Waals surface area contributed by atoms with E-state index in [1.54, 1.807) is 43.4 Å². The van der Waals surface area contributed by atoms with Gasteiger partial charge >= 0.3 is 0 Å². The first kappa shape index (κ1) is 19.6. The second-order valence-electron chi connectivity index (χ2n) is 6.55. The molecule has 0 bridgehead atoms. The highest BCUT2D eigenvalue weighted by Crippen LogP contribution is 2.29. The molecule has 0 amide bonds. The van der Waals surface area contributed by atoms with Crippen LogP contribution in [0.1, 0.15) is 41.2 Å². The summed E-state index contributed by atoms with van der Waals surface area (Å²) in [7, 11) is 3.14. The molecule has 3 rings (SSSR count). The summed E-state index contributed by atoms with van der Waals surface area (Å²) in [5.74, 6) is 1.09. The molecule has 0 radical (unpaired) electrons. The van der Waals surface area contributed by atoms with Crippen molar-refractivity contribution >= 4 is 5.78 Å². The number of aromatic nitrogens is 3. The van der Waals surface area contributed by atoms with Crippen LogP contribution in [0, 0.1) is 0 Å². The number of ether oxygens (including phenoxy) is 2. The average molecular weight is 379 g/mol. The number of unbranched alkanes of at least 4 members (excludes halogenated alkanes) is 1. The molecule has 0 spiro atoms. The SMILES string of the molecule is COc1ccc(OC)c(C(=O)C(CCCCc2ccccc2)n2cncn2)c1. The molecule has 0 aliphatic heterocycles. The van der Waals surface area contributed by atoms with Gasteiger partial charge in [0.05, 0.1) is 19.8 Å². The predicted octanol–water partition coefficient (Wildman–Crippen LogP) is 4.13. The second-order valence-corrected chi connectivity index (χ2v) is 6.55. The highest BCUT2D eigenvalue weighted by molar-refractivity contribution is 6.01. The van der Waals surface area contributed by atoms with E-state index < -0.39 is 6.04 Å². The van der Waals surface area contributed by atoms with Gasteiger partial charge in [-0.1, -0.05) is 36.8 Å². The second kappa shape index (κ2) is 9.69. The Hall–Kier alpha value is -3.15. The van der Waals surface area contributed by atoms with Crippen LogP contribution in [0.3, 0.4) is 0 Å². The lowest BCUT2D eigenvalue weighted by atomic mass is 9.97. The van der Waals surface area contributed by atoms with E-state index in [-0.39, 0.29) is 5.78 Å². The highest BCUT2D eigenvalue weighted by Gasteiger charge is 2.25. The van der Waals surface area contributed by atoms with Gasteiger partial charge in [-0.3, -0.25) is 4.79 Å². The summed E-state index contributed by atoms with van der Waals surface area (Å²) in [6, 6.07) is 15.2. The number of carbonyl (C=O) groups is 1. The summed E-state index contributed by atoms with van der Waals surface area (Å²) in [4.78, 5) is 17.3. The Labute approximate surface area is 165 Å². The number of carbonyl (C=O) groups excluding carboxylic acids is 1. The topological polar surface area (TPSA) is 66.2 Å². The monoisotopic (exact) mass is 379 g/mol. The number of hydrogen-bond acceptors (Lipinski definition) is 5. The summed E-state index contributed by atoms with van der Waals surface area (Å²) in [6.45, 7) is 0. The third kappa shape index (κ3) is 4.76. The summed E-state index contributed by atoms with van der Waals surface area (Å²) in [6.07, 6.45) is 6.60. The molecule has 0 N–H and O–H groups in total. The van der Waals surface area contributed by atoms with E-state index in [0.29, 0.717) is 23.5 Å². The fourth-order valence-corrected chi connectivity index (χ4v) is 3.26. The molecule has 1 heterocycles. The van der Waals surface area contributed by atoms with Crippen molar-refractivity contribution in [2.75, 3.05) is 14.2 Å². The van der Waals surface area contributed by atoms with Crippen LogP contribution in [-0.4, -0.2) is 34.8 Å². The van der Waals surface area contributed by atoms with Gasteiger partial charge in [0.25, 0.3) is 0 Å². The molecule has 3 aromatic rings. The number of nitrogens with zero attached hydrogens (tertiary/aromatic N) is 3. The van der Waals surface area contributed by atoms with Gasteiger partial charge in [-0.25, -0.2) is 9.67 Å². The smallest absolute Gasteiger partial charge is 0.191 e. The number of hydrogen-bond donors (Lipinski definition) is 0. The Morgan fingerprint density at radius 1 is 1.07 bits per heavy atom. The number of rotatable bonds is 10. The summed E-state index contributed by atoms with van der Waals surface area (Å²) in [5, 5.41) is 4.21. The minimum Gasteiger partial charge on any atom is -0.497 e. The molecule has 146 valence electrons. The van der Waals surface area contributed by atoms with Gasteiger partial charge in [-0.15, -0.1) is 0 Å². The molecule has 1 aromatic heterocycles. The quantitative estimate of drug-likeness (QED) is 0.391. The Balaban J connectivity index is 1.74. The molecule has 0 saturated heterocycles. The van der Waals surface area contributed by atoms with Crippen molar-refractivity contribution in [3.05, 3.63) is 72.3 Å². The molecular formula is C22H25N3O3. The van der Waals surface area contributed by atoms with Gasteiger partial charge in [0.1, 0.15) is 30.2 Å².